The molecule has 0 radical (unpaired) electrons. The summed E-state index contributed by atoms with van der Waals surface area (Å²) in [5.74, 6) is 2.18. The van der Waals surface area contributed by atoms with Gasteiger partial charge in [-0.1, -0.05) is 12.1 Å². The lowest BCUT2D eigenvalue weighted by atomic mass is 10.1. The van der Waals surface area contributed by atoms with Crippen LogP contribution in [0.4, 0.5) is 5.95 Å². The number of hydrogen-bond acceptors (Lipinski definition) is 4. The fourth-order valence-corrected chi connectivity index (χ4v) is 3.40. The van der Waals surface area contributed by atoms with Crippen LogP contribution in [0, 0.1) is 0 Å². The zero-order valence-electron chi connectivity index (χ0n) is 14.7. The van der Waals surface area contributed by atoms with Crippen molar-refractivity contribution in [2.24, 2.45) is 0 Å². The first kappa shape index (κ1) is 18.3. The van der Waals surface area contributed by atoms with Crippen LogP contribution in [0.25, 0.3) is 11.0 Å². The number of rotatable bonds is 5. The first-order valence-corrected chi connectivity index (χ1v) is 8.23. The van der Waals surface area contributed by atoms with E-state index in [2.05, 4.69) is 16.0 Å². The summed E-state index contributed by atoms with van der Waals surface area (Å²) in [7, 11) is 3.15. The Hall–Kier alpha value is -2.54. The number of nitrogens with zero attached hydrogens (tertiary/aromatic N) is 2. The summed E-state index contributed by atoms with van der Waals surface area (Å²) >= 11 is 0. The molecule has 3 aromatic rings. The summed E-state index contributed by atoms with van der Waals surface area (Å²) in [6.45, 7) is 2.06. The second-order valence-electron chi connectivity index (χ2n) is 5.97. The standard InChI is InChI=1S/C19H19N3O3.BrH/c1-24-17-8-7-13(11-18(17)25-2)16(23)12-22-15-6-4-3-5-14(15)21-10-9-20-19(21)22;/h3-8,11H,9-10,12H2,1-2H3;1H. The monoisotopic (exact) mass is 417 g/mol. The topological polar surface area (TPSA) is 56.4 Å². The van der Waals surface area contributed by atoms with Gasteiger partial charge in [-0.3, -0.25) is 10.1 Å². The largest absolute Gasteiger partial charge is 1.00 e. The fourth-order valence-electron chi connectivity index (χ4n) is 3.40. The van der Waals surface area contributed by atoms with Crippen LogP contribution in [0.1, 0.15) is 10.4 Å². The van der Waals surface area contributed by atoms with Gasteiger partial charge in [0, 0.05) is 5.56 Å². The quantitative estimate of drug-likeness (QED) is 0.438. The van der Waals surface area contributed by atoms with Gasteiger partial charge in [-0.2, -0.15) is 0 Å². The number of carbonyl (C=O) groups is 1. The van der Waals surface area contributed by atoms with Crippen molar-refractivity contribution < 1.29 is 35.8 Å². The summed E-state index contributed by atoms with van der Waals surface area (Å²) in [6, 6.07) is 13.4. The number of halogens is 1. The minimum Gasteiger partial charge on any atom is -1.00 e. The smallest absolute Gasteiger partial charge is 0.359 e. The maximum atomic E-state index is 12.9. The zero-order chi connectivity index (χ0) is 17.4. The van der Waals surface area contributed by atoms with Crippen LogP contribution < -0.4 is 36.3 Å². The van der Waals surface area contributed by atoms with E-state index in [1.54, 1.807) is 32.4 Å². The summed E-state index contributed by atoms with van der Waals surface area (Å²) in [6.07, 6.45) is 0. The third-order valence-electron chi connectivity index (χ3n) is 4.60. The number of aromatic nitrogens is 2. The normalized spacial score (nSPS) is 12.2. The Kier molecular flexibility index (Phi) is 5.18. The fraction of sp³-hybridized carbons (Fsp3) is 0.263. The third-order valence-corrected chi connectivity index (χ3v) is 4.60. The Bertz CT molecular complexity index is 968. The average molecular weight is 418 g/mol. The molecular formula is C19H20BrN3O3. The van der Waals surface area contributed by atoms with Crippen LogP contribution >= 0.6 is 0 Å². The summed E-state index contributed by atoms with van der Waals surface area (Å²) < 4.78 is 14.8. The Morgan fingerprint density at radius 3 is 2.69 bits per heavy atom. The highest BCUT2D eigenvalue weighted by Crippen LogP contribution is 2.28. The number of carbonyl (C=O) groups excluding carboxylic acids is 1. The van der Waals surface area contributed by atoms with Gasteiger partial charge in [-0.25, -0.2) is 9.13 Å². The lowest BCUT2D eigenvalue weighted by Gasteiger charge is -2.09. The van der Waals surface area contributed by atoms with Gasteiger partial charge in [-0.05, 0) is 30.3 Å². The SMILES string of the molecule is COc1ccc(C(=O)Cn2c3[n+](c4ccccc42)CCN3)cc1OC.[Br-]. The van der Waals surface area contributed by atoms with Crippen LogP contribution in [-0.2, 0) is 13.1 Å². The number of methoxy groups -OCH3 is 2. The number of ketones is 1. The van der Waals surface area contributed by atoms with Gasteiger partial charge in [0.2, 0.25) is 0 Å². The van der Waals surface area contributed by atoms with E-state index >= 15 is 0 Å². The number of hydrogen-bond donors (Lipinski definition) is 1. The van der Waals surface area contributed by atoms with E-state index in [0.717, 1.165) is 30.1 Å². The molecule has 136 valence electrons. The van der Waals surface area contributed by atoms with Crippen molar-refractivity contribution in [2.45, 2.75) is 13.1 Å². The van der Waals surface area contributed by atoms with Gasteiger partial charge in [0.05, 0.1) is 20.8 Å². The van der Waals surface area contributed by atoms with Gasteiger partial charge in [0.1, 0.15) is 24.1 Å². The van der Waals surface area contributed by atoms with Gasteiger partial charge in [0.15, 0.2) is 17.3 Å². The predicted octanol–water partition coefficient (Wildman–Crippen LogP) is -0.742. The van der Waals surface area contributed by atoms with Crippen molar-refractivity contribution in [3.05, 3.63) is 48.0 Å². The maximum absolute atomic E-state index is 12.9. The minimum atomic E-state index is 0. The third kappa shape index (κ3) is 2.92. The molecule has 1 aliphatic heterocycles. The molecule has 1 N–H and O–H groups in total. The molecule has 0 fully saturated rings. The minimum absolute atomic E-state index is 0. The van der Waals surface area contributed by atoms with Gasteiger partial charge in [-0.15, -0.1) is 0 Å². The van der Waals surface area contributed by atoms with Crippen molar-refractivity contribution in [3.63, 3.8) is 0 Å². The summed E-state index contributed by atoms with van der Waals surface area (Å²) in [5.41, 5.74) is 2.80. The highest BCUT2D eigenvalue weighted by molar-refractivity contribution is 5.97. The molecule has 0 spiro atoms. The van der Waals surface area contributed by atoms with Crippen LogP contribution in [0.5, 0.6) is 11.5 Å². The number of imidazole rings is 1. The molecule has 0 saturated heterocycles. The van der Waals surface area contributed by atoms with Crippen LogP contribution in [-0.4, -0.2) is 31.1 Å². The highest BCUT2D eigenvalue weighted by atomic mass is 79.9. The Morgan fingerprint density at radius 1 is 1.15 bits per heavy atom. The molecule has 0 unspecified atom stereocenters. The summed E-state index contributed by atoms with van der Waals surface area (Å²) in [4.78, 5) is 12.9. The first-order valence-electron chi connectivity index (χ1n) is 8.23. The predicted molar refractivity (Wildman–Crippen MR) is 94.5 cm³/mol. The van der Waals surface area contributed by atoms with Crippen molar-refractivity contribution >= 4 is 22.8 Å². The van der Waals surface area contributed by atoms with E-state index in [0.29, 0.717) is 17.1 Å². The van der Waals surface area contributed by atoms with E-state index in [1.807, 2.05) is 22.8 Å². The summed E-state index contributed by atoms with van der Waals surface area (Å²) in [5, 5.41) is 3.38. The molecule has 1 aliphatic rings. The molecule has 0 saturated carbocycles. The molecule has 0 aliphatic carbocycles. The van der Waals surface area contributed by atoms with Crippen molar-refractivity contribution in [3.8, 4) is 11.5 Å². The zero-order valence-corrected chi connectivity index (χ0v) is 16.2. The molecule has 4 rings (SSSR count). The van der Waals surface area contributed by atoms with Crippen molar-refractivity contribution in [1.82, 2.24) is 4.57 Å². The molecule has 0 bridgehead atoms. The van der Waals surface area contributed by atoms with E-state index in [1.165, 1.54) is 0 Å². The van der Waals surface area contributed by atoms with E-state index in [9.17, 15) is 4.79 Å². The number of ether oxygens (including phenoxy) is 2. The molecule has 2 heterocycles. The molecule has 26 heavy (non-hydrogen) atoms. The number of benzene rings is 2. The average Bonchev–Trinajstić information content (AvgIpc) is 3.24. The van der Waals surface area contributed by atoms with Crippen molar-refractivity contribution in [1.29, 1.82) is 0 Å². The molecule has 2 aromatic carbocycles. The highest BCUT2D eigenvalue weighted by Gasteiger charge is 2.29. The molecule has 0 amide bonds. The first-order chi connectivity index (χ1) is 12.2. The number of fused-ring (bicyclic) bond motifs is 3. The Morgan fingerprint density at radius 2 is 1.92 bits per heavy atom. The van der Waals surface area contributed by atoms with E-state index in [-0.39, 0.29) is 29.3 Å². The number of Topliss-reactive ketones (excluding diaryl/α,β-unsaturated/α-hetero) is 1. The van der Waals surface area contributed by atoms with Crippen LogP contribution in [0.3, 0.4) is 0 Å². The Balaban J connectivity index is 0.00000196. The second-order valence-corrected chi connectivity index (χ2v) is 5.97. The molecule has 0 atom stereocenters. The lowest BCUT2D eigenvalue weighted by Crippen LogP contribution is -3.00. The van der Waals surface area contributed by atoms with Gasteiger partial charge in [0.25, 0.3) is 0 Å². The van der Waals surface area contributed by atoms with Crippen molar-refractivity contribution in [2.75, 3.05) is 26.1 Å². The second kappa shape index (κ2) is 7.37. The Labute approximate surface area is 162 Å². The number of anilines is 1. The number of nitrogens with one attached hydrogen (secondary N) is 1. The van der Waals surface area contributed by atoms with E-state index < -0.39 is 0 Å². The van der Waals surface area contributed by atoms with Gasteiger partial charge < -0.3 is 26.5 Å². The van der Waals surface area contributed by atoms with E-state index in [4.69, 9.17) is 9.47 Å². The molecule has 7 heteroatoms. The number of para-hydroxylation sites is 2. The lowest BCUT2D eigenvalue weighted by molar-refractivity contribution is -0.644. The maximum Gasteiger partial charge on any atom is 0.359 e. The molecule has 1 aromatic heterocycles. The molecular weight excluding hydrogens is 398 g/mol. The van der Waals surface area contributed by atoms with Gasteiger partial charge >= 0.3 is 5.95 Å². The van der Waals surface area contributed by atoms with Crippen LogP contribution in [0.2, 0.25) is 0 Å². The van der Waals surface area contributed by atoms with Crippen LogP contribution in [0.15, 0.2) is 42.5 Å². The molecule has 6 nitrogen and oxygen atoms in total.